The smallest absolute Gasteiger partial charge is 0.416 e. The largest absolute Gasteiger partial charge is 0.465 e. The monoisotopic (exact) mass is 301 g/mol. The molecule has 1 aromatic heterocycles. The van der Waals surface area contributed by atoms with Gasteiger partial charge < -0.3 is 9.73 Å². The predicted molar refractivity (Wildman–Crippen MR) is 70.1 cm³/mol. The van der Waals surface area contributed by atoms with Gasteiger partial charge in [-0.3, -0.25) is 0 Å². The van der Waals surface area contributed by atoms with E-state index < -0.39 is 17.6 Å². The van der Waals surface area contributed by atoms with Crippen molar-refractivity contribution in [1.82, 2.24) is 5.32 Å². The summed E-state index contributed by atoms with van der Waals surface area (Å²) in [6, 6.07) is 5.93. The zero-order chi connectivity index (χ0) is 15.6. The number of aryl methyl sites for hydroxylation is 1. The molecule has 1 N–H and O–H groups in total. The minimum absolute atomic E-state index is 0.113. The lowest BCUT2D eigenvalue weighted by Crippen LogP contribution is -2.18. The van der Waals surface area contributed by atoms with E-state index >= 15 is 0 Å². The third-order valence-corrected chi connectivity index (χ3v) is 3.09. The second-order valence-corrected chi connectivity index (χ2v) is 4.90. The Hall–Kier alpha value is -1.82. The van der Waals surface area contributed by atoms with Crippen molar-refractivity contribution in [3.63, 3.8) is 0 Å². The molecule has 2 aromatic rings. The molecule has 114 valence electrons. The second kappa shape index (κ2) is 5.89. The van der Waals surface area contributed by atoms with Gasteiger partial charge in [0.05, 0.1) is 11.6 Å². The molecule has 0 aliphatic heterocycles. The maximum absolute atomic E-state index is 13.3. The Morgan fingerprint density at radius 3 is 2.48 bits per heavy atom. The zero-order valence-corrected chi connectivity index (χ0v) is 11.6. The molecule has 0 saturated carbocycles. The summed E-state index contributed by atoms with van der Waals surface area (Å²) in [5.41, 5.74) is -0.752. The first-order valence-electron chi connectivity index (χ1n) is 6.42. The van der Waals surface area contributed by atoms with Gasteiger partial charge in [0.25, 0.3) is 0 Å². The van der Waals surface area contributed by atoms with Crippen molar-refractivity contribution in [1.29, 1.82) is 0 Å². The van der Waals surface area contributed by atoms with Crippen LogP contribution < -0.4 is 5.32 Å². The normalized spacial score (nSPS) is 13.4. The van der Waals surface area contributed by atoms with E-state index in [1.165, 1.54) is 0 Å². The van der Waals surface area contributed by atoms with Crippen molar-refractivity contribution in [2.45, 2.75) is 32.6 Å². The lowest BCUT2D eigenvalue weighted by molar-refractivity contribution is -0.137. The Bertz CT molecular complexity index is 618. The van der Waals surface area contributed by atoms with Gasteiger partial charge in [-0.2, -0.15) is 13.2 Å². The molecule has 0 amide bonds. The van der Waals surface area contributed by atoms with Crippen LogP contribution in [0.1, 0.15) is 35.6 Å². The van der Waals surface area contributed by atoms with Gasteiger partial charge >= 0.3 is 6.18 Å². The molecule has 1 heterocycles. The van der Waals surface area contributed by atoms with E-state index in [4.69, 9.17) is 4.42 Å². The highest BCUT2D eigenvalue weighted by Crippen LogP contribution is 2.30. The van der Waals surface area contributed by atoms with Crippen LogP contribution in [0.2, 0.25) is 0 Å². The van der Waals surface area contributed by atoms with Crippen molar-refractivity contribution >= 4 is 0 Å². The highest BCUT2D eigenvalue weighted by Gasteiger charge is 2.31. The number of hydrogen-bond acceptors (Lipinski definition) is 2. The van der Waals surface area contributed by atoms with Crippen molar-refractivity contribution < 1.29 is 22.0 Å². The van der Waals surface area contributed by atoms with Crippen LogP contribution in [0.4, 0.5) is 17.6 Å². The minimum Gasteiger partial charge on any atom is -0.465 e. The van der Waals surface area contributed by atoms with Crippen LogP contribution in [0.5, 0.6) is 0 Å². The van der Waals surface area contributed by atoms with E-state index in [0.717, 1.165) is 17.9 Å². The Morgan fingerprint density at radius 2 is 1.90 bits per heavy atom. The van der Waals surface area contributed by atoms with E-state index in [9.17, 15) is 17.6 Å². The van der Waals surface area contributed by atoms with Gasteiger partial charge in [-0.05, 0) is 49.7 Å². The van der Waals surface area contributed by atoms with Crippen LogP contribution in [0, 0.1) is 12.7 Å². The van der Waals surface area contributed by atoms with E-state index in [2.05, 4.69) is 5.32 Å². The van der Waals surface area contributed by atoms with Crippen LogP contribution >= 0.6 is 0 Å². The number of nitrogens with one attached hydrogen (secondary N) is 1. The molecule has 0 fully saturated rings. The van der Waals surface area contributed by atoms with Gasteiger partial charge in [-0.25, -0.2) is 4.39 Å². The van der Waals surface area contributed by atoms with E-state index in [1.807, 2.05) is 6.92 Å². The summed E-state index contributed by atoms with van der Waals surface area (Å²) in [4.78, 5) is 0. The summed E-state index contributed by atoms with van der Waals surface area (Å²) in [7, 11) is 0. The first-order chi connectivity index (χ1) is 9.75. The summed E-state index contributed by atoms with van der Waals surface area (Å²) in [6.07, 6.45) is -4.55. The van der Waals surface area contributed by atoms with Gasteiger partial charge in [-0.1, -0.05) is 0 Å². The molecule has 6 heteroatoms. The minimum atomic E-state index is -4.55. The predicted octanol–water partition coefficient (Wildman–Crippen LogP) is 4.60. The summed E-state index contributed by atoms with van der Waals surface area (Å²) in [6.45, 7) is 3.74. The Morgan fingerprint density at radius 1 is 1.19 bits per heavy atom. The molecule has 0 radical (unpaired) electrons. The van der Waals surface area contributed by atoms with Crippen LogP contribution in [-0.2, 0) is 12.7 Å². The fourth-order valence-corrected chi connectivity index (χ4v) is 1.97. The molecule has 0 aliphatic carbocycles. The van der Waals surface area contributed by atoms with Crippen LogP contribution in [0.3, 0.4) is 0 Å². The lowest BCUT2D eigenvalue weighted by atomic mass is 10.1. The van der Waals surface area contributed by atoms with Crippen molar-refractivity contribution in [3.05, 3.63) is 58.8 Å². The molecule has 2 nitrogen and oxygen atoms in total. The highest BCUT2D eigenvalue weighted by molar-refractivity contribution is 5.27. The van der Waals surface area contributed by atoms with Gasteiger partial charge in [0.1, 0.15) is 17.3 Å². The molecular formula is C15H15F4NO. The summed E-state index contributed by atoms with van der Waals surface area (Å²) < 4.78 is 56.5. The van der Waals surface area contributed by atoms with E-state index in [1.54, 1.807) is 19.1 Å². The SMILES string of the molecule is Cc1ccc(C(C)NCc2cc(F)cc(C(F)(F)F)c2)o1. The molecule has 2 rings (SSSR count). The first kappa shape index (κ1) is 15.6. The van der Waals surface area contributed by atoms with Gasteiger partial charge in [0.2, 0.25) is 0 Å². The van der Waals surface area contributed by atoms with Crippen LogP contribution in [-0.4, -0.2) is 0 Å². The number of alkyl halides is 3. The van der Waals surface area contributed by atoms with E-state index in [0.29, 0.717) is 11.8 Å². The van der Waals surface area contributed by atoms with Crippen LogP contribution in [0.15, 0.2) is 34.7 Å². The van der Waals surface area contributed by atoms with E-state index in [-0.39, 0.29) is 18.2 Å². The molecule has 21 heavy (non-hydrogen) atoms. The molecular weight excluding hydrogens is 286 g/mol. The molecule has 0 saturated heterocycles. The average Bonchev–Trinajstić information content (AvgIpc) is 2.81. The summed E-state index contributed by atoms with van der Waals surface area (Å²) in [5.74, 6) is 0.534. The fourth-order valence-electron chi connectivity index (χ4n) is 1.97. The van der Waals surface area contributed by atoms with Crippen LogP contribution in [0.25, 0.3) is 0 Å². The number of benzene rings is 1. The first-order valence-corrected chi connectivity index (χ1v) is 6.42. The van der Waals surface area contributed by atoms with Gasteiger partial charge in [-0.15, -0.1) is 0 Å². The fraction of sp³-hybridized carbons (Fsp3) is 0.333. The molecule has 0 spiro atoms. The van der Waals surface area contributed by atoms with Gasteiger partial charge in [0, 0.05) is 6.54 Å². The standard InChI is InChI=1S/C15H15F4NO/c1-9-3-4-14(21-9)10(2)20-8-11-5-12(15(17,18)19)7-13(16)6-11/h3-7,10,20H,8H2,1-2H3. The van der Waals surface area contributed by atoms with Crippen molar-refractivity contribution in [2.75, 3.05) is 0 Å². The topological polar surface area (TPSA) is 25.2 Å². The molecule has 1 unspecified atom stereocenters. The maximum atomic E-state index is 13.3. The van der Waals surface area contributed by atoms with Crippen molar-refractivity contribution in [3.8, 4) is 0 Å². The Labute approximate surface area is 119 Å². The third-order valence-electron chi connectivity index (χ3n) is 3.09. The second-order valence-electron chi connectivity index (χ2n) is 4.90. The average molecular weight is 301 g/mol. The molecule has 0 bridgehead atoms. The third kappa shape index (κ3) is 4.07. The summed E-state index contributed by atoms with van der Waals surface area (Å²) >= 11 is 0. The maximum Gasteiger partial charge on any atom is 0.416 e. The number of furan rings is 1. The molecule has 0 aliphatic rings. The quantitative estimate of drug-likeness (QED) is 0.835. The lowest BCUT2D eigenvalue weighted by Gasteiger charge is -2.13. The van der Waals surface area contributed by atoms with Crippen molar-refractivity contribution in [2.24, 2.45) is 0 Å². The van der Waals surface area contributed by atoms with Gasteiger partial charge in [0.15, 0.2) is 0 Å². The Balaban J connectivity index is 2.08. The number of rotatable bonds is 4. The number of halogens is 4. The Kier molecular flexibility index (Phi) is 4.37. The highest BCUT2D eigenvalue weighted by atomic mass is 19.4. The number of hydrogen-bond donors (Lipinski definition) is 1. The summed E-state index contributed by atoms with van der Waals surface area (Å²) in [5, 5.41) is 3.01. The molecule has 1 aromatic carbocycles. The zero-order valence-electron chi connectivity index (χ0n) is 11.6. The molecule has 1 atom stereocenters.